The molecule has 0 saturated carbocycles. The van der Waals surface area contributed by atoms with Gasteiger partial charge in [0.25, 0.3) is 0 Å². The molecule has 1 saturated heterocycles. The Kier molecular flexibility index (Phi) is 7.08. The predicted molar refractivity (Wildman–Crippen MR) is 108 cm³/mol. The summed E-state index contributed by atoms with van der Waals surface area (Å²) in [6, 6.07) is 14.4. The monoisotopic (exact) mass is 416 g/mol. The summed E-state index contributed by atoms with van der Waals surface area (Å²) in [5.41, 5.74) is 0.960. The van der Waals surface area contributed by atoms with Gasteiger partial charge in [-0.1, -0.05) is 30.3 Å². The van der Waals surface area contributed by atoms with E-state index in [0.717, 1.165) is 32.2 Å². The number of nitrogens with zero attached hydrogens (tertiary/aromatic N) is 3. The first-order valence-corrected chi connectivity index (χ1v) is 9.75. The van der Waals surface area contributed by atoms with E-state index in [-0.39, 0.29) is 5.91 Å². The molecule has 2 aromatic rings. The maximum absolute atomic E-state index is 12.9. The van der Waals surface area contributed by atoms with Crippen LogP contribution in [0.2, 0.25) is 0 Å². The van der Waals surface area contributed by atoms with E-state index in [9.17, 15) is 18.0 Å². The fourth-order valence-corrected chi connectivity index (χ4v) is 3.44. The largest absolute Gasteiger partial charge is 0.416 e. The minimum atomic E-state index is -4.33. The first kappa shape index (κ1) is 21.8. The van der Waals surface area contributed by atoms with Crippen molar-refractivity contribution >= 4 is 11.6 Å². The molecule has 1 fully saturated rings. The van der Waals surface area contributed by atoms with Gasteiger partial charge in [-0.15, -0.1) is 0 Å². The van der Waals surface area contributed by atoms with Crippen LogP contribution >= 0.6 is 0 Å². The molecule has 1 heterocycles. The molecule has 0 bridgehead atoms. The Balaban J connectivity index is 1.43. The first-order chi connectivity index (χ1) is 14.3. The van der Waals surface area contributed by atoms with Crippen LogP contribution < -0.4 is 5.32 Å². The zero-order valence-electron chi connectivity index (χ0n) is 16.5. The summed E-state index contributed by atoms with van der Waals surface area (Å²) in [4.78, 5) is 16.5. The van der Waals surface area contributed by atoms with Gasteiger partial charge in [0.15, 0.2) is 0 Å². The second-order valence-electron chi connectivity index (χ2n) is 7.27. The van der Waals surface area contributed by atoms with Crippen LogP contribution in [0.4, 0.5) is 18.9 Å². The van der Waals surface area contributed by atoms with Crippen molar-refractivity contribution in [3.8, 4) is 6.07 Å². The average molecular weight is 416 g/mol. The molecule has 3 rings (SSSR count). The van der Waals surface area contributed by atoms with Crippen LogP contribution in [-0.2, 0) is 17.5 Å². The first-order valence-electron chi connectivity index (χ1n) is 9.75. The highest BCUT2D eigenvalue weighted by atomic mass is 19.4. The van der Waals surface area contributed by atoms with E-state index in [0.29, 0.717) is 36.3 Å². The number of para-hydroxylation sites is 1. The van der Waals surface area contributed by atoms with Crippen LogP contribution in [0, 0.1) is 11.3 Å². The molecule has 5 nitrogen and oxygen atoms in total. The van der Waals surface area contributed by atoms with Crippen LogP contribution in [0.25, 0.3) is 0 Å². The van der Waals surface area contributed by atoms with Crippen LogP contribution in [0.15, 0.2) is 48.5 Å². The van der Waals surface area contributed by atoms with Crippen LogP contribution in [0.5, 0.6) is 0 Å². The number of carbonyl (C=O) groups excluding carboxylic acids is 1. The Morgan fingerprint density at radius 3 is 2.43 bits per heavy atom. The highest BCUT2D eigenvalue weighted by Gasteiger charge is 2.30. The molecule has 1 N–H and O–H groups in total. The van der Waals surface area contributed by atoms with Crippen molar-refractivity contribution in [1.82, 2.24) is 9.80 Å². The number of benzene rings is 2. The molecule has 8 heteroatoms. The Hall–Kier alpha value is -2.89. The lowest BCUT2D eigenvalue weighted by Gasteiger charge is -2.34. The van der Waals surface area contributed by atoms with E-state index < -0.39 is 11.7 Å². The zero-order chi connectivity index (χ0) is 21.6. The third kappa shape index (κ3) is 6.05. The molecule has 1 amide bonds. The molecule has 30 heavy (non-hydrogen) atoms. The second kappa shape index (κ2) is 9.74. The van der Waals surface area contributed by atoms with Gasteiger partial charge in [-0.25, -0.2) is 0 Å². The molecule has 1 aliphatic heterocycles. The third-order valence-electron chi connectivity index (χ3n) is 5.10. The minimum Gasteiger partial charge on any atom is -0.325 e. The maximum Gasteiger partial charge on any atom is 0.416 e. The van der Waals surface area contributed by atoms with Gasteiger partial charge in [-0.05, 0) is 23.8 Å². The van der Waals surface area contributed by atoms with E-state index in [4.69, 9.17) is 5.26 Å². The van der Waals surface area contributed by atoms with Gasteiger partial charge in [0.1, 0.15) is 6.07 Å². The van der Waals surface area contributed by atoms with Crippen molar-refractivity contribution < 1.29 is 18.0 Å². The smallest absolute Gasteiger partial charge is 0.325 e. The molecule has 0 spiro atoms. The van der Waals surface area contributed by atoms with Crippen molar-refractivity contribution in [3.63, 3.8) is 0 Å². The van der Waals surface area contributed by atoms with Gasteiger partial charge in [0, 0.05) is 45.7 Å². The van der Waals surface area contributed by atoms with Gasteiger partial charge in [0.2, 0.25) is 5.91 Å². The van der Waals surface area contributed by atoms with Gasteiger partial charge >= 0.3 is 6.18 Å². The molecule has 0 aliphatic carbocycles. The molecular formula is C22H23F3N4O. The van der Waals surface area contributed by atoms with Gasteiger partial charge < -0.3 is 10.2 Å². The number of anilines is 1. The van der Waals surface area contributed by atoms with Crippen molar-refractivity contribution in [3.05, 3.63) is 65.2 Å². The van der Waals surface area contributed by atoms with Crippen molar-refractivity contribution in [2.24, 2.45) is 0 Å². The Morgan fingerprint density at radius 1 is 1.03 bits per heavy atom. The number of alkyl halides is 3. The lowest BCUT2D eigenvalue weighted by molar-refractivity contribution is -0.137. The molecular weight excluding hydrogens is 393 g/mol. The Labute approximate surface area is 173 Å². The van der Waals surface area contributed by atoms with Crippen LogP contribution in [-0.4, -0.2) is 48.4 Å². The Bertz CT molecular complexity index is 915. The molecule has 0 atom stereocenters. The van der Waals surface area contributed by atoms with Gasteiger partial charge in [-0.2, -0.15) is 18.4 Å². The summed E-state index contributed by atoms with van der Waals surface area (Å²) >= 11 is 0. The number of piperazine rings is 1. The zero-order valence-corrected chi connectivity index (χ0v) is 16.5. The minimum absolute atomic E-state index is 0.149. The maximum atomic E-state index is 12.9. The summed E-state index contributed by atoms with van der Waals surface area (Å²) in [5.74, 6) is -0.149. The van der Waals surface area contributed by atoms with E-state index in [1.165, 1.54) is 12.1 Å². The lowest BCUT2D eigenvalue weighted by atomic mass is 10.1. The summed E-state index contributed by atoms with van der Waals surface area (Å²) in [6.07, 6.45) is -4.02. The van der Waals surface area contributed by atoms with E-state index >= 15 is 0 Å². The normalized spacial score (nSPS) is 15.5. The number of hydrogen-bond donors (Lipinski definition) is 1. The number of rotatable bonds is 6. The summed E-state index contributed by atoms with van der Waals surface area (Å²) in [7, 11) is 0. The SMILES string of the molecule is N#Cc1ccccc1NC(=O)CCN1CCN(Cc2cccc(C(F)(F)F)c2)CC1. The van der Waals surface area contributed by atoms with E-state index in [1.807, 2.05) is 6.07 Å². The standard InChI is InChI=1S/C22H23F3N4O/c23-22(24,25)19-6-3-4-17(14-19)16-29-12-10-28(11-13-29)9-8-21(30)27-20-7-2-1-5-18(20)15-26/h1-7,14H,8-13,16H2,(H,27,30). The Morgan fingerprint density at radius 2 is 1.73 bits per heavy atom. The fraction of sp³-hybridized carbons (Fsp3) is 0.364. The summed E-state index contributed by atoms with van der Waals surface area (Å²) < 4.78 is 38.6. The van der Waals surface area contributed by atoms with E-state index in [2.05, 4.69) is 15.1 Å². The molecule has 0 unspecified atom stereocenters. The molecule has 0 radical (unpaired) electrons. The third-order valence-corrected chi connectivity index (χ3v) is 5.10. The van der Waals surface area contributed by atoms with Crippen molar-refractivity contribution in [1.29, 1.82) is 5.26 Å². The number of nitrogens with one attached hydrogen (secondary N) is 1. The number of amides is 1. The number of halogens is 3. The predicted octanol–water partition coefficient (Wildman–Crippen LogP) is 3.72. The topological polar surface area (TPSA) is 59.4 Å². The van der Waals surface area contributed by atoms with Gasteiger partial charge in [-0.3, -0.25) is 9.69 Å². The van der Waals surface area contributed by atoms with E-state index in [1.54, 1.807) is 30.3 Å². The molecule has 158 valence electrons. The second-order valence-corrected chi connectivity index (χ2v) is 7.27. The average Bonchev–Trinajstić information content (AvgIpc) is 2.73. The highest BCUT2D eigenvalue weighted by molar-refractivity contribution is 5.92. The number of nitriles is 1. The van der Waals surface area contributed by atoms with Crippen LogP contribution in [0.1, 0.15) is 23.1 Å². The molecule has 2 aromatic carbocycles. The molecule has 1 aliphatic rings. The fourth-order valence-electron chi connectivity index (χ4n) is 3.44. The summed E-state index contributed by atoms with van der Waals surface area (Å²) in [5, 5.41) is 11.9. The molecule has 0 aromatic heterocycles. The number of hydrogen-bond acceptors (Lipinski definition) is 4. The highest BCUT2D eigenvalue weighted by Crippen LogP contribution is 2.29. The summed E-state index contributed by atoms with van der Waals surface area (Å²) in [6.45, 7) is 4.04. The van der Waals surface area contributed by atoms with Crippen molar-refractivity contribution in [2.75, 3.05) is 38.0 Å². The lowest BCUT2D eigenvalue weighted by Crippen LogP contribution is -2.46. The number of carbonyl (C=O) groups is 1. The van der Waals surface area contributed by atoms with Crippen LogP contribution in [0.3, 0.4) is 0 Å². The van der Waals surface area contributed by atoms with Gasteiger partial charge in [0.05, 0.1) is 16.8 Å². The quantitative estimate of drug-likeness (QED) is 0.780. The van der Waals surface area contributed by atoms with Crippen molar-refractivity contribution in [2.45, 2.75) is 19.1 Å².